The van der Waals surface area contributed by atoms with E-state index in [1.807, 2.05) is 0 Å². The first-order valence-corrected chi connectivity index (χ1v) is 7.29. The monoisotopic (exact) mass is 301 g/mol. The maximum Gasteiger partial charge on any atom is 0.270 e. The number of amides is 2. The highest BCUT2D eigenvalue weighted by Gasteiger charge is 2.23. The van der Waals surface area contributed by atoms with Crippen molar-refractivity contribution in [2.45, 2.75) is 25.3 Å². The van der Waals surface area contributed by atoms with Crippen LogP contribution in [-0.2, 0) is 4.79 Å². The Morgan fingerprint density at radius 2 is 2.14 bits per heavy atom. The summed E-state index contributed by atoms with van der Waals surface area (Å²) in [6.07, 6.45) is 2.36. The summed E-state index contributed by atoms with van der Waals surface area (Å²) in [7, 11) is 0. The molecule has 2 heterocycles. The molecule has 2 aromatic rings. The summed E-state index contributed by atoms with van der Waals surface area (Å²) >= 11 is 0. The lowest BCUT2D eigenvalue weighted by Crippen LogP contribution is -2.45. The lowest BCUT2D eigenvalue weighted by Gasteiger charge is -2.15. The smallest absolute Gasteiger partial charge is 0.270 e. The fraction of sp³-hybridized carbons (Fsp3) is 0.312. The first kappa shape index (κ1) is 14.4. The Balaban J connectivity index is 1.82. The SMILES string of the molecule is O=C(N[C@@H]1CCCCNC1=O)c1ccc2cccc(F)c2n1. The zero-order valence-corrected chi connectivity index (χ0v) is 11.9. The van der Waals surface area contributed by atoms with Crippen molar-refractivity contribution in [1.82, 2.24) is 15.6 Å². The molecule has 1 aliphatic heterocycles. The summed E-state index contributed by atoms with van der Waals surface area (Å²) < 4.78 is 13.7. The van der Waals surface area contributed by atoms with Crippen LogP contribution in [0.2, 0.25) is 0 Å². The minimum Gasteiger partial charge on any atom is -0.354 e. The van der Waals surface area contributed by atoms with E-state index < -0.39 is 17.8 Å². The van der Waals surface area contributed by atoms with Crippen molar-refractivity contribution in [2.75, 3.05) is 6.54 Å². The highest BCUT2D eigenvalue weighted by Crippen LogP contribution is 2.16. The fourth-order valence-electron chi connectivity index (χ4n) is 2.55. The molecule has 1 saturated heterocycles. The molecule has 0 saturated carbocycles. The van der Waals surface area contributed by atoms with Gasteiger partial charge in [-0.2, -0.15) is 0 Å². The van der Waals surface area contributed by atoms with Crippen molar-refractivity contribution < 1.29 is 14.0 Å². The highest BCUT2D eigenvalue weighted by atomic mass is 19.1. The molecule has 1 aromatic heterocycles. The second kappa shape index (κ2) is 6.09. The Kier molecular flexibility index (Phi) is 4.00. The molecule has 2 amide bonds. The van der Waals surface area contributed by atoms with E-state index in [1.54, 1.807) is 18.2 Å². The number of hydrogen-bond donors (Lipinski definition) is 2. The largest absolute Gasteiger partial charge is 0.354 e. The molecule has 114 valence electrons. The Hall–Kier alpha value is -2.50. The zero-order valence-electron chi connectivity index (χ0n) is 11.9. The van der Waals surface area contributed by atoms with Gasteiger partial charge >= 0.3 is 0 Å². The van der Waals surface area contributed by atoms with Gasteiger partial charge in [0, 0.05) is 11.9 Å². The number of benzene rings is 1. The van der Waals surface area contributed by atoms with Crippen LogP contribution in [0.25, 0.3) is 10.9 Å². The number of nitrogens with one attached hydrogen (secondary N) is 2. The van der Waals surface area contributed by atoms with Crippen LogP contribution < -0.4 is 10.6 Å². The quantitative estimate of drug-likeness (QED) is 0.888. The zero-order chi connectivity index (χ0) is 15.5. The fourth-order valence-corrected chi connectivity index (χ4v) is 2.55. The van der Waals surface area contributed by atoms with E-state index in [9.17, 15) is 14.0 Å². The Labute approximate surface area is 126 Å². The normalized spacial score (nSPS) is 18.6. The first-order chi connectivity index (χ1) is 10.6. The van der Waals surface area contributed by atoms with Gasteiger partial charge in [-0.15, -0.1) is 0 Å². The molecule has 6 heteroatoms. The molecule has 0 unspecified atom stereocenters. The van der Waals surface area contributed by atoms with Gasteiger partial charge in [-0.1, -0.05) is 18.2 Å². The summed E-state index contributed by atoms with van der Waals surface area (Å²) in [5.41, 5.74) is 0.259. The van der Waals surface area contributed by atoms with Crippen molar-refractivity contribution in [3.05, 3.63) is 41.8 Å². The topological polar surface area (TPSA) is 71.1 Å². The molecule has 3 rings (SSSR count). The van der Waals surface area contributed by atoms with Gasteiger partial charge in [-0.05, 0) is 31.4 Å². The second-order valence-corrected chi connectivity index (χ2v) is 5.32. The number of halogens is 1. The number of hydrogen-bond acceptors (Lipinski definition) is 3. The maximum atomic E-state index is 13.7. The van der Waals surface area contributed by atoms with Crippen LogP contribution in [0.5, 0.6) is 0 Å². The van der Waals surface area contributed by atoms with Crippen LogP contribution in [0.15, 0.2) is 30.3 Å². The van der Waals surface area contributed by atoms with Gasteiger partial charge in [0.25, 0.3) is 5.91 Å². The third kappa shape index (κ3) is 2.90. The minimum absolute atomic E-state index is 0.106. The standard InChI is InChI=1S/C16H16FN3O2/c17-11-5-3-4-10-7-8-13(19-14(10)11)16(22)20-12-6-1-2-9-18-15(12)21/h3-5,7-8,12H,1-2,6,9H2,(H,18,21)(H,20,22)/t12-/m1/s1. The van der Waals surface area contributed by atoms with Crippen LogP contribution in [0.1, 0.15) is 29.8 Å². The molecule has 5 nitrogen and oxygen atoms in total. The van der Waals surface area contributed by atoms with Gasteiger partial charge in [0.1, 0.15) is 23.1 Å². The lowest BCUT2D eigenvalue weighted by atomic mass is 10.1. The summed E-state index contributed by atoms with van der Waals surface area (Å²) in [6.45, 7) is 0.630. The highest BCUT2D eigenvalue weighted by molar-refractivity contribution is 5.97. The molecule has 0 spiro atoms. The second-order valence-electron chi connectivity index (χ2n) is 5.32. The number of pyridine rings is 1. The van der Waals surface area contributed by atoms with Gasteiger partial charge in [-0.25, -0.2) is 9.37 Å². The van der Waals surface area contributed by atoms with Crippen molar-refractivity contribution in [1.29, 1.82) is 0 Å². The van der Waals surface area contributed by atoms with E-state index in [0.29, 0.717) is 18.4 Å². The van der Waals surface area contributed by atoms with Gasteiger partial charge in [-0.3, -0.25) is 9.59 Å². The number of rotatable bonds is 2. The summed E-state index contributed by atoms with van der Waals surface area (Å²) in [6, 6.07) is 7.24. The van der Waals surface area contributed by atoms with Crippen LogP contribution in [0.4, 0.5) is 4.39 Å². The van der Waals surface area contributed by atoms with Crippen LogP contribution in [0, 0.1) is 5.82 Å². The van der Waals surface area contributed by atoms with E-state index in [-0.39, 0.29) is 17.1 Å². The van der Waals surface area contributed by atoms with Gasteiger partial charge < -0.3 is 10.6 Å². The lowest BCUT2D eigenvalue weighted by molar-refractivity contribution is -0.122. The number of fused-ring (bicyclic) bond motifs is 1. The summed E-state index contributed by atoms with van der Waals surface area (Å²) in [5, 5.41) is 6.06. The summed E-state index contributed by atoms with van der Waals surface area (Å²) in [4.78, 5) is 28.2. The average molecular weight is 301 g/mol. The molecule has 1 atom stereocenters. The van der Waals surface area contributed by atoms with E-state index >= 15 is 0 Å². The van der Waals surface area contributed by atoms with Crippen LogP contribution in [-0.4, -0.2) is 29.4 Å². The Morgan fingerprint density at radius 1 is 1.27 bits per heavy atom. The third-order valence-electron chi connectivity index (χ3n) is 3.74. The van der Waals surface area contributed by atoms with Crippen LogP contribution >= 0.6 is 0 Å². The molecular weight excluding hydrogens is 285 g/mol. The molecule has 22 heavy (non-hydrogen) atoms. The number of carbonyl (C=O) groups excluding carboxylic acids is 2. The molecule has 1 aliphatic rings. The molecule has 0 bridgehead atoms. The van der Waals surface area contributed by atoms with Crippen LogP contribution in [0.3, 0.4) is 0 Å². The molecule has 1 fully saturated rings. The predicted molar refractivity (Wildman–Crippen MR) is 79.8 cm³/mol. The van der Waals surface area contributed by atoms with Crippen molar-refractivity contribution in [3.63, 3.8) is 0 Å². The molecule has 0 aliphatic carbocycles. The molecule has 1 aromatic carbocycles. The van der Waals surface area contributed by atoms with Gasteiger partial charge in [0.15, 0.2) is 0 Å². The minimum atomic E-state index is -0.562. The third-order valence-corrected chi connectivity index (χ3v) is 3.74. The van der Waals surface area contributed by atoms with Gasteiger partial charge in [0.2, 0.25) is 5.91 Å². The number of aromatic nitrogens is 1. The Morgan fingerprint density at radius 3 is 3.00 bits per heavy atom. The average Bonchev–Trinajstić information content (AvgIpc) is 2.72. The molecule has 0 radical (unpaired) electrons. The van der Waals surface area contributed by atoms with Gasteiger partial charge in [0.05, 0.1) is 0 Å². The van der Waals surface area contributed by atoms with Crippen molar-refractivity contribution in [3.8, 4) is 0 Å². The number of carbonyl (C=O) groups is 2. The van der Waals surface area contributed by atoms with E-state index in [2.05, 4.69) is 15.6 Å². The number of para-hydroxylation sites is 1. The predicted octanol–water partition coefficient (Wildman–Crippen LogP) is 1.77. The summed E-state index contributed by atoms with van der Waals surface area (Å²) in [5.74, 6) is -1.12. The van der Waals surface area contributed by atoms with E-state index in [1.165, 1.54) is 12.1 Å². The molecular formula is C16H16FN3O2. The maximum absolute atomic E-state index is 13.7. The Bertz CT molecular complexity index is 732. The molecule has 2 N–H and O–H groups in total. The van der Waals surface area contributed by atoms with Crippen molar-refractivity contribution >= 4 is 22.7 Å². The van der Waals surface area contributed by atoms with Crippen molar-refractivity contribution in [2.24, 2.45) is 0 Å². The van der Waals surface area contributed by atoms with E-state index in [4.69, 9.17) is 0 Å². The first-order valence-electron chi connectivity index (χ1n) is 7.29. The van der Waals surface area contributed by atoms with E-state index in [0.717, 1.165) is 12.8 Å². The number of nitrogens with zero attached hydrogens (tertiary/aromatic N) is 1.